The number of hydrogen-bond acceptors (Lipinski definition) is 3. The predicted molar refractivity (Wildman–Crippen MR) is 91.1 cm³/mol. The lowest BCUT2D eigenvalue weighted by molar-refractivity contribution is 0.314. The van der Waals surface area contributed by atoms with E-state index >= 15 is 0 Å². The van der Waals surface area contributed by atoms with Crippen molar-refractivity contribution >= 4 is 0 Å². The zero-order valence-corrected chi connectivity index (χ0v) is 14.3. The van der Waals surface area contributed by atoms with Crippen molar-refractivity contribution < 1.29 is 4.74 Å². The van der Waals surface area contributed by atoms with E-state index in [9.17, 15) is 0 Å². The number of aryl methyl sites for hydroxylation is 1. The standard InChI is InChI=1S/C18H32N2O/c1-6-7-21-17-9-13(3)18(15(5)14(17)4)12(2)8-16(10-19)11-20/h9,12,16H,6-8,10-11,19-20H2,1-5H3. The van der Waals surface area contributed by atoms with Crippen LogP contribution in [0.4, 0.5) is 0 Å². The maximum atomic E-state index is 5.87. The lowest BCUT2D eigenvalue weighted by Crippen LogP contribution is -2.25. The molecule has 0 saturated heterocycles. The summed E-state index contributed by atoms with van der Waals surface area (Å²) in [4.78, 5) is 0. The zero-order valence-electron chi connectivity index (χ0n) is 14.3. The van der Waals surface area contributed by atoms with Crippen LogP contribution in [-0.4, -0.2) is 19.7 Å². The summed E-state index contributed by atoms with van der Waals surface area (Å²) < 4.78 is 5.87. The van der Waals surface area contributed by atoms with Gasteiger partial charge in [0.25, 0.3) is 0 Å². The van der Waals surface area contributed by atoms with Crippen LogP contribution in [0, 0.1) is 26.7 Å². The Morgan fingerprint density at radius 2 is 1.71 bits per heavy atom. The van der Waals surface area contributed by atoms with Crippen LogP contribution in [0.5, 0.6) is 5.75 Å². The molecule has 0 spiro atoms. The van der Waals surface area contributed by atoms with Gasteiger partial charge in [-0.3, -0.25) is 0 Å². The van der Waals surface area contributed by atoms with Crippen molar-refractivity contribution in [2.45, 2.75) is 53.4 Å². The highest BCUT2D eigenvalue weighted by Crippen LogP contribution is 2.34. The van der Waals surface area contributed by atoms with Crippen molar-refractivity contribution in [2.75, 3.05) is 19.7 Å². The van der Waals surface area contributed by atoms with Crippen LogP contribution in [0.1, 0.15) is 54.9 Å². The lowest BCUT2D eigenvalue weighted by Gasteiger charge is -2.24. The highest BCUT2D eigenvalue weighted by Gasteiger charge is 2.19. The monoisotopic (exact) mass is 292 g/mol. The summed E-state index contributed by atoms with van der Waals surface area (Å²) in [5, 5.41) is 0. The van der Waals surface area contributed by atoms with Crippen molar-refractivity contribution in [1.82, 2.24) is 0 Å². The summed E-state index contributed by atoms with van der Waals surface area (Å²) in [7, 11) is 0. The fourth-order valence-corrected chi connectivity index (χ4v) is 3.09. The van der Waals surface area contributed by atoms with Crippen LogP contribution >= 0.6 is 0 Å². The Hall–Kier alpha value is -1.06. The van der Waals surface area contributed by atoms with Crippen LogP contribution in [-0.2, 0) is 0 Å². The molecule has 1 unspecified atom stereocenters. The molecule has 0 aromatic heterocycles. The summed E-state index contributed by atoms with van der Waals surface area (Å²) >= 11 is 0. The first-order chi connectivity index (χ1) is 9.96. The number of ether oxygens (including phenoxy) is 1. The molecule has 0 fully saturated rings. The molecule has 0 amide bonds. The van der Waals surface area contributed by atoms with E-state index in [-0.39, 0.29) is 0 Å². The second kappa shape index (κ2) is 8.40. The van der Waals surface area contributed by atoms with Gasteiger partial charge in [0.1, 0.15) is 5.75 Å². The second-order valence-electron chi connectivity index (χ2n) is 6.18. The summed E-state index contributed by atoms with van der Waals surface area (Å²) in [5.41, 5.74) is 16.9. The van der Waals surface area contributed by atoms with E-state index in [1.165, 1.54) is 22.3 Å². The van der Waals surface area contributed by atoms with E-state index in [0.717, 1.165) is 25.2 Å². The average Bonchev–Trinajstić information content (AvgIpc) is 2.47. The first-order valence-electron chi connectivity index (χ1n) is 8.09. The molecule has 1 atom stereocenters. The van der Waals surface area contributed by atoms with Crippen LogP contribution in [0.3, 0.4) is 0 Å². The Morgan fingerprint density at radius 3 is 2.24 bits per heavy atom. The molecule has 0 aliphatic heterocycles. The fraction of sp³-hybridized carbons (Fsp3) is 0.667. The van der Waals surface area contributed by atoms with Crippen LogP contribution in [0.15, 0.2) is 6.07 Å². The van der Waals surface area contributed by atoms with Gasteiger partial charge in [0.05, 0.1) is 6.61 Å². The Kier molecular flexibility index (Phi) is 7.20. The first-order valence-corrected chi connectivity index (χ1v) is 8.09. The summed E-state index contributed by atoms with van der Waals surface area (Å²) in [5.74, 6) is 1.90. The summed E-state index contributed by atoms with van der Waals surface area (Å²) in [6, 6.07) is 2.18. The topological polar surface area (TPSA) is 61.3 Å². The molecule has 21 heavy (non-hydrogen) atoms. The Morgan fingerprint density at radius 1 is 1.10 bits per heavy atom. The van der Waals surface area contributed by atoms with Gasteiger partial charge in [0.15, 0.2) is 0 Å². The largest absolute Gasteiger partial charge is 0.493 e. The molecule has 1 aromatic rings. The third-order valence-corrected chi connectivity index (χ3v) is 4.42. The maximum Gasteiger partial charge on any atom is 0.122 e. The highest BCUT2D eigenvalue weighted by molar-refractivity contribution is 5.49. The van der Waals surface area contributed by atoms with Gasteiger partial charge in [-0.2, -0.15) is 0 Å². The SMILES string of the molecule is CCCOc1cc(C)c(C(C)CC(CN)CN)c(C)c1C. The van der Waals surface area contributed by atoms with Gasteiger partial charge in [-0.05, 0) is 86.9 Å². The number of hydrogen-bond donors (Lipinski definition) is 2. The van der Waals surface area contributed by atoms with Gasteiger partial charge < -0.3 is 16.2 Å². The molecule has 120 valence electrons. The van der Waals surface area contributed by atoms with Gasteiger partial charge in [0, 0.05) is 0 Å². The van der Waals surface area contributed by atoms with Crippen molar-refractivity contribution in [3.63, 3.8) is 0 Å². The second-order valence-corrected chi connectivity index (χ2v) is 6.18. The molecular formula is C18H32N2O. The predicted octanol–water partition coefficient (Wildman–Crippen LogP) is 3.43. The van der Waals surface area contributed by atoms with E-state index in [4.69, 9.17) is 16.2 Å². The molecule has 3 nitrogen and oxygen atoms in total. The Labute approximate surface area is 130 Å². The number of benzene rings is 1. The van der Waals surface area contributed by atoms with Gasteiger partial charge in [-0.25, -0.2) is 0 Å². The molecule has 4 N–H and O–H groups in total. The average molecular weight is 292 g/mol. The van der Waals surface area contributed by atoms with E-state index in [1.54, 1.807) is 0 Å². The third kappa shape index (κ3) is 4.45. The van der Waals surface area contributed by atoms with Crippen molar-refractivity contribution in [3.05, 3.63) is 28.3 Å². The lowest BCUT2D eigenvalue weighted by atomic mass is 9.83. The molecule has 0 radical (unpaired) electrons. The van der Waals surface area contributed by atoms with E-state index in [2.05, 4.69) is 40.7 Å². The van der Waals surface area contributed by atoms with Gasteiger partial charge in [-0.15, -0.1) is 0 Å². The summed E-state index contributed by atoms with van der Waals surface area (Å²) in [6.45, 7) is 13.0. The molecule has 0 heterocycles. The molecule has 1 rings (SSSR count). The molecule has 0 aliphatic carbocycles. The fourth-order valence-electron chi connectivity index (χ4n) is 3.09. The van der Waals surface area contributed by atoms with Gasteiger partial charge in [-0.1, -0.05) is 13.8 Å². The van der Waals surface area contributed by atoms with E-state index in [1.807, 2.05) is 0 Å². The Bertz CT molecular complexity index is 453. The normalized spacial score (nSPS) is 12.8. The number of rotatable bonds is 8. The van der Waals surface area contributed by atoms with Gasteiger partial charge in [0.2, 0.25) is 0 Å². The minimum Gasteiger partial charge on any atom is -0.493 e. The van der Waals surface area contributed by atoms with Crippen molar-refractivity contribution in [1.29, 1.82) is 0 Å². The molecule has 0 bridgehead atoms. The molecule has 0 aliphatic rings. The van der Waals surface area contributed by atoms with Crippen LogP contribution in [0.2, 0.25) is 0 Å². The highest BCUT2D eigenvalue weighted by atomic mass is 16.5. The van der Waals surface area contributed by atoms with Crippen molar-refractivity contribution in [2.24, 2.45) is 17.4 Å². The minimum atomic E-state index is 0.398. The Balaban J connectivity index is 3.05. The molecular weight excluding hydrogens is 260 g/mol. The molecule has 1 aromatic carbocycles. The molecule has 0 saturated carbocycles. The third-order valence-electron chi connectivity index (χ3n) is 4.42. The van der Waals surface area contributed by atoms with Crippen LogP contribution < -0.4 is 16.2 Å². The van der Waals surface area contributed by atoms with E-state index < -0.39 is 0 Å². The first kappa shape index (κ1) is 18.0. The quantitative estimate of drug-likeness (QED) is 0.771. The maximum absolute atomic E-state index is 5.87. The smallest absolute Gasteiger partial charge is 0.122 e. The van der Waals surface area contributed by atoms with Crippen LogP contribution in [0.25, 0.3) is 0 Å². The van der Waals surface area contributed by atoms with Crippen molar-refractivity contribution in [3.8, 4) is 5.75 Å². The zero-order chi connectivity index (χ0) is 16.0. The summed E-state index contributed by atoms with van der Waals surface area (Å²) in [6.07, 6.45) is 2.08. The molecule has 3 heteroatoms. The van der Waals surface area contributed by atoms with E-state index in [0.29, 0.717) is 24.9 Å². The minimum absolute atomic E-state index is 0.398. The van der Waals surface area contributed by atoms with Gasteiger partial charge >= 0.3 is 0 Å². The number of nitrogens with two attached hydrogens (primary N) is 2.